The van der Waals surface area contributed by atoms with E-state index >= 15 is 0 Å². The van der Waals surface area contributed by atoms with E-state index in [4.69, 9.17) is 32.7 Å². The van der Waals surface area contributed by atoms with Crippen molar-refractivity contribution in [3.63, 3.8) is 0 Å². The first kappa shape index (κ1) is 18.2. The van der Waals surface area contributed by atoms with Gasteiger partial charge in [0.05, 0.1) is 19.3 Å². The maximum absolute atomic E-state index is 12.0. The maximum Gasteiger partial charge on any atom is 0.319 e. The summed E-state index contributed by atoms with van der Waals surface area (Å²) in [7, 11) is 1.52. The lowest BCUT2D eigenvalue weighted by Gasteiger charge is -2.13. The Balaban J connectivity index is 1.82. The third kappa shape index (κ3) is 5.22. The Morgan fingerprint density at radius 3 is 2.71 bits per heavy atom. The molecule has 0 atom stereocenters. The molecule has 128 valence electrons. The SMILES string of the molecule is COc1cc(Cl)c(C)cc1NC(=O)NCCOc1cccc(Cl)c1. The van der Waals surface area contributed by atoms with E-state index in [1.165, 1.54) is 7.11 Å². The van der Waals surface area contributed by atoms with E-state index in [2.05, 4.69) is 10.6 Å². The van der Waals surface area contributed by atoms with E-state index in [1.54, 1.807) is 36.4 Å². The number of aryl methyl sites for hydroxylation is 1. The number of nitrogens with one attached hydrogen (secondary N) is 2. The lowest BCUT2D eigenvalue weighted by molar-refractivity contribution is 0.247. The number of hydrogen-bond donors (Lipinski definition) is 2. The van der Waals surface area contributed by atoms with Gasteiger partial charge < -0.3 is 20.1 Å². The highest BCUT2D eigenvalue weighted by atomic mass is 35.5. The zero-order valence-corrected chi connectivity index (χ0v) is 14.9. The van der Waals surface area contributed by atoms with Crippen LogP contribution in [0.2, 0.25) is 10.0 Å². The van der Waals surface area contributed by atoms with Crippen LogP contribution in [0.25, 0.3) is 0 Å². The summed E-state index contributed by atoms with van der Waals surface area (Å²) >= 11 is 11.9. The molecular formula is C17H18Cl2N2O3. The second kappa shape index (κ2) is 8.66. The summed E-state index contributed by atoms with van der Waals surface area (Å²) in [5.74, 6) is 1.15. The topological polar surface area (TPSA) is 59.6 Å². The number of carbonyl (C=O) groups excluding carboxylic acids is 1. The number of hydrogen-bond acceptors (Lipinski definition) is 3. The largest absolute Gasteiger partial charge is 0.495 e. The molecule has 0 aromatic heterocycles. The first-order chi connectivity index (χ1) is 11.5. The van der Waals surface area contributed by atoms with Crippen LogP contribution in [0.4, 0.5) is 10.5 Å². The molecule has 0 bridgehead atoms. The summed E-state index contributed by atoms with van der Waals surface area (Å²) in [6.07, 6.45) is 0. The molecule has 0 heterocycles. The molecular weight excluding hydrogens is 351 g/mol. The van der Waals surface area contributed by atoms with E-state index < -0.39 is 0 Å². The summed E-state index contributed by atoms with van der Waals surface area (Å²) < 4.78 is 10.7. The van der Waals surface area contributed by atoms with Gasteiger partial charge in [-0.2, -0.15) is 0 Å². The molecule has 2 N–H and O–H groups in total. The van der Waals surface area contributed by atoms with Crippen molar-refractivity contribution >= 4 is 34.9 Å². The van der Waals surface area contributed by atoms with Crippen molar-refractivity contribution in [3.05, 3.63) is 52.0 Å². The van der Waals surface area contributed by atoms with Crippen LogP contribution in [0.3, 0.4) is 0 Å². The number of anilines is 1. The number of amides is 2. The fourth-order valence-corrected chi connectivity index (χ4v) is 2.32. The van der Waals surface area contributed by atoms with Crippen molar-refractivity contribution in [2.45, 2.75) is 6.92 Å². The summed E-state index contributed by atoms with van der Waals surface area (Å²) in [6.45, 7) is 2.52. The van der Waals surface area contributed by atoms with Crippen molar-refractivity contribution in [2.75, 3.05) is 25.6 Å². The lowest BCUT2D eigenvalue weighted by Crippen LogP contribution is -2.32. The van der Waals surface area contributed by atoms with E-state index in [0.29, 0.717) is 40.4 Å². The van der Waals surface area contributed by atoms with Crippen LogP contribution in [0, 0.1) is 6.92 Å². The Morgan fingerprint density at radius 2 is 2.00 bits per heavy atom. The minimum atomic E-state index is -0.357. The van der Waals surface area contributed by atoms with E-state index in [-0.39, 0.29) is 6.03 Å². The zero-order valence-electron chi connectivity index (χ0n) is 13.4. The van der Waals surface area contributed by atoms with Crippen LogP contribution in [0.15, 0.2) is 36.4 Å². The molecule has 0 saturated heterocycles. The van der Waals surface area contributed by atoms with Crippen LogP contribution in [0.1, 0.15) is 5.56 Å². The average Bonchev–Trinajstić information content (AvgIpc) is 2.55. The van der Waals surface area contributed by atoms with Gasteiger partial charge in [-0.05, 0) is 36.8 Å². The number of benzene rings is 2. The minimum Gasteiger partial charge on any atom is -0.495 e. The van der Waals surface area contributed by atoms with Crippen molar-refractivity contribution in [1.29, 1.82) is 0 Å². The van der Waals surface area contributed by atoms with Gasteiger partial charge in [-0.1, -0.05) is 29.3 Å². The van der Waals surface area contributed by atoms with Gasteiger partial charge in [-0.15, -0.1) is 0 Å². The molecule has 0 unspecified atom stereocenters. The molecule has 0 spiro atoms. The molecule has 2 aromatic rings. The third-order valence-electron chi connectivity index (χ3n) is 3.18. The number of rotatable bonds is 6. The highest BCUT2D eigenvalue weighted by Gasteiger charge is 2.10. The summed E-state index contributed by atoms with van der Waals surface area (Å²) in [5.41, 5.74) is 1.39. The van der Waals surface area contributed by atoms with Gasteiger partial charge in [0.15, 0.2) is 0 Å². The Kier molecular flexibility index (Phi) is 6.58. The van der Waals surface area contributed by atoms with Gasteiger partial charge in [-0.3, -0.25) is 0 Å². The van der Waals surface area contributed by atoms with E-state index in [1.807, 2.05) is 6.92 Å². The minimum absolute atomic E-state index is 0.324. The van der Waals surface area contributed by atoms with Crippen LogP contribution in [-0.2, 0) is 0 Å². The van der Waals surface area contributed by atoms with Crippen LogP contribution < -0.4 is 20.1 Å². The van der Waals surface area contributed by atoms with E-state index in [0.717, 1.165) is 5.56 Å². The predicted octanol–water partition coefficient (Wildman–Crippen LogP) is 4.51. The molecule has 0 fully saturated rings. The molecule has 2 aromatic carbocycles. The highest BCUT2D eigenvalue weighted by Crippen LogP contribution is 2.30. The van der Waals surface area contributed by atoms with Crippen LogP contribution in [0.5, 0.6) is 11.5 Å². The van der Waals surface area contributed by atoms with Crippen molar-refractivity contribution < 1.29 is 14.3 Å². The lowest BCUT2D eigenvalue weighted by atomic mass is 10.2. The fourth-order valence-electron chi connectivity index (χ4n) is 1.99. The van der Waals surface area contributed by atoms with Gasteiger partial charge in [0.1, 0.15) is 18.1 Å². The summed E-state index contributed by atoms with van der Waals surface area (Å²) in [5, 5.41) is 6.61. The predicted molar refractivity (Wildman–Crippen MR) is 96.7 cm³/mol. The van der Waals surface area contributed by atoms with Gasteiger partial charge in [0, 0.05) is 16.1 Å². The van der Waals surface area contributed by atoms with Crippen molar-refractivity contribution in [3.8, 4) is 11.5 Å². The normalized spacial score (nSPS) is 10.2. The van der Waals surface area contributed by atoms with Crippen LogP contribution >= 0.6 is 23.2 Å². The molecule has 0 aliphatic heterocycles. The maximum atomic E-state index is 12.0. The molecule has 7 heteroatoms. The number of ether oxygens (including phenoxy) is 2. The molecule has 0 aliphatic rings. The molecule has 2 amide bonds. The summed E-state index contributed by atoms with van der Waals surface area (Å²) in [4.78, 5) is 12.0. The first-order valence-electron chi connectivity index (χ1n) is 7.27. The number of urea groups is 1. The Labute approximate surface area is 150 Å². The van der Waals surface area contributed by atoms with Crippen LogP contribution in [-0.4, -0.2) is 26.3 Å². The summed E-state index contributed by atoms with van der Waals surface area (Å²) in [6, 6.07) is 10.1. The third-order valence-corrected chi connectivity index (χ3v) is 3.82. The number of methoxy groups -OCH3 is 1. The highest BCUT2D eigenvalue weighted by molar-refractivity contribution is 6.31. The van der Waals surface area contributed by atoms with Gasteiger partial charge in [-0.25, -0.2) is 4.79 Å². The number of carbonyl (C=O) groups is 1. The Bertz CT molecular complexity index is 723. The smallest absolute Gasteiger partial charge is 0.319 e. The second-order valence-corrected chi connectivity index (χ2v) is 5.83. The molecule has 5 nitrogen and oxygen atoms in total. The zero-order chi connectivity index (χ0) is 17.5. The number of halogens is 2. The van der Waals surface area contributed by atoms with Crippen molar-refractivity contribution in [2.24, 2.45) is 0 Å². The Hall–Kier alpha value is -2.11. The molecule has 0 aliphatic carbocycles. The monoisotopic (exact) mass is 368 g/mol. The average molecular weight is 369 g/mol. The Morgan fingerprint density at radius 1 is 1.21 bits per heavy atom. The molecule has 24 heavy (non-hydrogen) atoms. The van der Waals surface area contributed by atoms with E-state index in [9.17, 15) is 4.79 Å². The van der Waals surface area contributed by atoms with Gasteiger partial charge >= 0.3 is 6.03 Å². The second-order valence-electron chi connectivity index (χ2n) is 4.99. The van der Waals surface area contributed by atoms with Crippen molar-refractivity contribution in [1.82, 2.24) is 5.32 Å². The molecule has 0 radical (unpaired) electrons. The molecule has 2 rings (SSSR count). The molecule has 0 saturated carbocycles. The van der Waals surface area contributed by atoms with Gasteiger partial charge in [0.25, 0.3) is 0 Å². The quantitative estimate of drug-likeness (QED) is 0.737. The fraction of sp³-hybridized carbons (Fsp3) is 0.235. The first-order valence-corrected chi connectivity index (χ1v) is 8.02. The van der Waals surface area contributed by atoms with Gasteiger partial charge in [0.2, 0.25) is 0 Å². The standard InChI is InChI=1S/C17H18Cl2N2O3/c1-11-8-15(16(23-2)10-14(11)19)21-17(22)20-6-7-24-13-5-3-4-12(18)9-13/h3-5,8-10H,6-7H2,1-2H3,(H2,20,21,22).